The van der Waals surface area contributed by atoms with E-state index in [1.165, 1.54) is 12.1 Å². The van der Waals surface area contributed by atoms with Crippen molar-refractivity contribution < 1.29 is 13.6 Å². The number of nitrogens with one attached hydrogen (secondary N) is 1. The molecule has 1 fully saturated rings. The summed E-state index contributed by atoms with van der Waals surface area (Å²) in [6.07, 6.45) is 4.89. The van der Waals surface area contributed by atoms with Crippen molar-refractivity contribution in [3.05, 3.63) is 35.4 Å². The van der Waals surface area contributed by atoms with Crippen LogP contribution in [0.1, 0.15) is 37.7 Å². The summed E-state index contributed by atoms with van der Waals surface area (Å²) in [5, 5.41) is 11.8. The van der Waals surface area contributed by atoms with Crippen LogP contribution in [0.5, 0.6) is 0 Å². The van der Waals surface area contributed by atoms with Crippen LogP contribution in [-0.4, -0.2) is 11.9 Å². The second kappa shape index (κ2) is 7.16. The highest BCUT2D eigenvalue weighted by atomic mass is 19.2. The standard InChI is InChI=1S/C16H18F2N2O/c17-13-8-4-7-12(16(13)18)9-15(21)20-14(10-19)11-5-2-1-3-6-11/h4,7-8,11,14H,1-3,5-6,9H2,(H,20,21). The minimum atomic E-state index is -1.00. The van der Waals surface area contributed by atoms with Gasteiger partial charge >= 0.3 is 0 Å². The molecule has 1 saturated carbocycles. The first-order valence-electron chi connectivity index (χ1n) is 7.23. The molecule has 0 spiro atoms. The number of hydrogen-bond acceptors (Lipinski definition) is 2. The van der Waals surface area contributed by atoms with Crippen LogP contribution in [0, 0.1) is 28.9 Å². The van der Waals surface area contributed by atoms with Crippen molar-refractivity contribution in [3.63, 3.8) is 0 Å². The minimum Gasteiger partial charge on any atom is -0.340 e. The van der Waals surface area contributed by atoms with Gasteiger partial charge in [0.25, 0.3) is 0 Å². The van der Waals surface area contributed by atoms with E-state index < -0.39 is 23.6 Å². The number of amides is 1. The molecular formula is C16H18F2N2O. The van der Waals surface area contributed by atoms with Crippen LogP contribution >= 0.6 is 0 Å². The molecule has 0 aromatic heterocycles. The van der Waals surface area contributed by atoms with Gasteiger partial charge in [-0.05, 0) is 24.8 Å². The van der Waals surface area contributed by atoms with Gasteiger partial charge in [-0.1, -0.05) is 31.4 Å². The molecule has 0 bridgehead atoms. The molecular weight excluding hydrogens is 274 g/mol. The van der Waals surface area contributed by atoms with Gasteiger partial charge in [0.1, 0.15) is 6.04 Å². The van der Waals surface area contributed by atoms with Gasteiger partial charge in [-0.3, -0.25) is 4.79 Å². The van der Waals surface area contributed by atoms with E-state index in [1.54, 1.807) is 0 Å². The number of hydrogen-bond donors (Lipinski definition) is 1. The number of rotatable bonds is 4. The average molecular weight is 292 g/mol. The highest BCUT2D eigenvalue weighted by Gasteiger charge is 2.25. The molecule has 2 rings (SSSR count). The predicted octanol–water partition coefficient (Wildman–Crippen LogP) is 3.10. The van der Waals surface area contributed by atoms with Crippen molar-refractivity contribution in [2.24, 2.45) is 5.92 Å². The van der Waals surface area contributed by atoms with Gasteiger partial charge in [-0.25, -0.2) is 8.78 Å². The highest BCUT2D eigenvalue weighted by Crippen LogP contribution is 2.26. The van der Waals surface area contributed by atoms with Crippen molar-refractivity contribution in [1.29, 1.82) is 5.26 Å². The summed E-state index contributed by atoms with van der Waals surface area (Å²) in [5.41, 5.74) is 0.00725. The van der Waals surface area contributed by atoms with Crippen LogP contribution in [-0.2, 0) is 11.2 Å². The normalized spacial score (nSPS) is 17.0. The Kier molecular flexibility index (Phi) is 5.26. The highest BCUT2D eigenvalue weighted by molar-refractivity contribution is 5.79. The summed E-state index contributed by atoms with van der Waals surface area (Å²) in [6, 6.07) is 5.32. The first-order valence-corrected chi connectivity index (χ1v) is 7.23. The molecule has 1 unspecified atom stereocenters. The number of halogens is 2. The van der Waals surface area contributed by atoms with E-state index in [0.717, 1.165) is 38.2 Å². The number of benzene rings is 1. The third-order valence-corrected chi connectivity index (χ3v) is 3.96. The molecule has 1 atom stereocenters. The Morgan fingerprint density at radius 2 is 2.05 bits per heavy atom. The molecule has 1 aromatic rings. The molecule has 21 heavy (non-hydrogen) atoms. The zero-order chi connectivity index (χ0) is 15.2. The summed E-state index contributed by atoms with van der Waals surface area (Å²) < 4.78 is 26.6. The van der Waals surface area contributed by atoms with Crippen LogP contribution in [0.15, 0.2) is 18.2 Å². The van der Waals surface area contributed by atoms with Crippen LogP contribution in [0.3, 0.4) is 0 Å². The Balaban J connectivity index is 1.96. The van der Waals surface area contributed by atoms with Gasteiger partial charge in [0, 0.05) is 5.56 Å². The van der Waals surface area contributed by atoms with Gasteiger partial charge in [-0.2, -0.15) is 5.26 Å². The Bertz CT molecular complexity index is 548. The van der Waals surface area contributed by atoms with E-state index in [4.69, 9.17) is 0 Å². The van der Waals surface area contributed by atoms with Crippen LogP contribution in [0.4, 0.5) is 8.78 Å². The SMILES string of the molecule is N#CC(NC(=O)Cc1cccc(F)c1F)C1CCCCC1. The van der Waals surface area contributed by atoms with E-state index in [9.17, 15) is 18.8 Å². The van der Waals surface area contributed by atoms with E-state index in [0.29, 0.717) is 0 Å². The average Bonchev–Trinajstić information content (AvgIpc) is 2.50. The number of carbonyl (C=O) groups is 1. The van der Waals surface area contributed by atoms with Crippen LogP contribution < -0.4 is 5.32 Å². The topological polar surface area (TPSA) is 52.9 Å². The molecule has 1 aliphatic rings. The molecule has 1 amide bonds. The second-order valence-electron chi connectivity index (χ2n) is 5.46. The molecule has 0 heterocycles. The fourth-order valence-electron chi connectivity index (χ4n) is 2.81. The lowest BCUT2D eigenvalue weighted by Crippen LogP contribution is -2.40. The van der Waals surface area contributed by atoms with E-state index in [1.807, 2.05) is 0 Å². The maximum atomic E-state index is 13.5. The molecule has 3 nitrogen and oxygen atoms in total. The molecule has 0 radical (unpaired) electrons. The second-order valence-corrected chi connectivity index (χ2v) is 5.46. The molecule has 1 aromatic carbocycles. The fraction of sp³-hybridized carbons (Fsp3) is 0.500. The summed E-state index contributed by atoms with van der Waals surface area (Å²) in [5.74, 6) is -2.26. The lowest BCUT2D eigenvalue weighted by atomic mass is 9.84. The summed E-state index contributed by atoms with van der Waals surface area (Å²) >= 11 is 0. The molecule has 0 aliphatic heterocycles. The smallest absolute Gasteiger partial charge is 0.225 e. The Morgan fingerprint density at radius 1 is 1.33 bits per heavy atom. The Morgan fingerprint density at radius 3 is 2.71 bits per heavy atom. The maximum absolute atomic E-state index is 13.5. The van der Waals surface area contributed by atoms with E-state index >= 15 is 0 Å². The zero-order valence-corrected chi connectivity index (χ0v) is 11.7. The van der Waals surface area contributed by atoms with Gasteiger partial charge in [0.15, 0.2) is 11.6 Å². The maximum Gasteiger partial charge on any atom is 0.225 e. The molecule has 0 saturated heterocycles. The largest absolute Gasteiger partial charge is 0.340 e. The lowest BCUT2D eigenvalue weighted by Gasteiger charge is -2.26. The quantitative estimate of drug-likeness (QED) is 0.927. The Hall–Kier alpha value is -1.96. The first-order chi connectivity index (χ1) is 10.1. The van der Waals surface area contributed by atoms with Crippen molar-refractivity contribution in [2.75, 3.05) is 0 Å². The first kappa shape index (κ1) is 15.4. The van der Waals surface area contributed by atoms with Crippen molar-refractivity contribution in [3.8, 4) is 6.07 Å². The summed E-state index contributed by atoms with van der Waals surface area (Å²) in [7, 11) is 0. The molecule has 1 N–H and O–H groups in total. The zero-order valence-electron chi connectivity index (χ0n) is 11.7. The minimum absolute atomic E-state index is 0.00725. The predicted molar refractivity (Wildman–Crippen MR) is 74.2 cm³/mol. The fourth-order valence-corrected chi connectivity index (χ4v) is 2.81. The monoisotopic (exact) mass is 292 g/mol. The summed E-state index contributed by atoms with van der Waals surface area (Å²) in [4.78, 5) is 11.9. The number of nitrogens with zero attached hydrogens (tertiary/aromatic N) is 1. The van der Waals surface area contributed by atoms with Gasteiger partial charge in [0.2, 0.25) is 5.91 Å². The van der Waals surface area contributed by atoms with Gasteiger partial charge in [-0.15, -0.1) is 0 Å². The lowest BCUT2D eigenvalue weighted by molar-refractivity contribution is -0.121. The summed E-state index contributed by atoms with van der Waals surface area (Å²) in [6.45, 7) is 0. The Labute approximate surface area is 123 Å². The van der Waals surface area contributed by atoms with Crippen LogP contribution in [0.2, 0.25) is 0 Å². The third kappa shape index (κ3) is 4.01. The molecule has 5 heteroatoms. The molecule has 1 aliphatic carbocycles. The van der Waals surface area contributed by atoms with Gasteiger partial charge < -0.3 is 5.32 Å². The van der Waals surface area contributed by atoms with Crippen molar-refractivity contribution in [2.45, 2.75) is 44.6 Å². The van der Waals surface area contributed by atoms with E-state index in [-0.39, 0.29) is 17.9 Å². The van der Waals surface area contributed by atoms with Crippen molar-refractivity contribution >= 4 is 5.91 Å². The molecule has 112 valence electrons. The van der Waals surface area contributed by atoms with Crippen molar-refractivity contribution in [1.82, 2.24) is 5.32 Å². The van der Waals surface area contributed by atoms with E-state index in [2.05, 4.69) is 11.4 Å². The number of nitriles is 1. The van der Waals surface area contributed by atoms with Gasteiger partial charge in [0.05, 0.1) is 12.5 Å². The van der Waals surface area contributed by atoms with Crippen LogP contribution in [0.25, 0.3) is 0 Å². The third-order valence-electron chi connectivity index (χ3n) is 3.96. The number of carbonyl (C=O) groups excluding carboxylic acids is 1.